The lowest BCUT2D eigenvalue weighted by atomic mass is 10.2. The molecule has 2 aromatic rings. The van der Waals surface area contributed by atoms with E-state index < -0.39 is 0 Å². The number of aryl methyl sites for hydroxylation is 1. The number of benzene rings is 1. The highest BCUT2D eigenvalue weighted by molar-refractivity contribution is 5.92. The minimum Gasteiger partial charge on any atom is -0.361 e. The number of amides is 1. The van der Waals surface area contributed by atoms with Gasteiger partial charge in [0.2, 0.25) is 5.91 Å². The molecule has 1 saturated heterocycles. The van der Waals surface area contributed by atoms with Gasteiger partial charge in [-0.25, -0.2) is 0 Å². The fourth-order valence-electron chi connectivity index (χ4n) is 3.40. The molecule has 0 unspecified atom stereocenters. The number of piperazine rings is 1. The van der Waals surface area contributed by atoms with Crippen LogP contribution in [0.1, 0.15) is 35.8 Å². The van der Waals surface area contributed by atoms with Crippen LogP contribution >= 0.6 is 0 Å². The van der Waals surface area contributed by atoms with Gasteiger partial charge in [-0.1, -0.05) is 23.4 Å². The molecule has 0 bridgehead atoms. The molecule has 0 atom stereocenters. The molecule has 4 rings (SSSR count). The van der Waals surface area contributed by atoms with E-state index in [4.69, 9.17) is 4.52 Å². The quantitative estimate of drug-likeness (QED) is 0.864. The lowest BCUT2D eigenvalue weighted by Gasteiger charge is -2.33. The summed E-state index contributed by atoms with van der Waals surface area (Å²) in [5, 5.41) is 7.21. The minimum absolute atomic E-state index is 0.0540. The predicted octanol–water partition coefficient (Wildman–Crippen LogP) is 2.62. The third-order valence-corrected chi connectivity index (χ3v) is 5.19. The molecule has 26 heavy (non-hydrogen) atoms. The maximum Gasteiger partial charge on any atom is 0.238 e. The van der Waals surface area contributed by atoms with Gasteiger partial charge in [0.25, 0.3) is 0 Å². The van der Waals surface area contributed by atoms with Gasteiger partial charge >= 0.3 is 0 Å². The molecule has 2 heterocycles. The molecule has 1 aliphatic heterocycles. The highest BCUT2D eigenvalue weighted by Gasteiger charge is 2.28. The van der Waals surface area contributed by atoms with Crippen LogP contribution in [0, 0.1) is 6.92 Å². The highest BCUT2D eigenvalue weighted by Crippen LogP contribution is 2.40. The zero-order valence-electron chi connectivity index (χ0n) is 15.3. The first kappa shape index (κ1) is 17.2. The van der Waals surface area contributed by atoms with Crippen LogP contribution in [0.25, 0.3) is 0 Å². The molecule has 6 nitrogen and oxygen atoms in total. The van der Waals surface area contributed by atoms with Gasteiger partial charge in [-0.05, 0) is 31.4 Å². The van der Waals surface area contributed by atoms with Crippen LogP contribution in [0.2, 0.25) is 0 Å². The number of nitrogens with one attached hydrogen (secondary N) is 1. The van der Waals surface area contributed by atoms with Crippen LogP contribution in [0.3, 0.4) is 0 Å². The number of aromatic nitrogens is 1. The van der Waals surface area contributed by atoms with Crippen molar-refractivity contribution in [3.8, 4) is 0 Å². The van der Waals surface area contributed by atoms with Gasteiger partial charge in [-0.15, -0.1) is 0 Å². The van der Waals surface area contributed by atoms with E-state index in [0.29, 0.717) is 12.5 Å². The lowest BCUT2D eigenvalue weighted by molar-refractivity contribution is -0.117. The molecule has 1 N–H and O–H groups in total. The van der Waals surface area contributed by atoms with Crippen molar-refractivity contribution < 1.29 is 9.32 Å². The molecule has 0 spiro atoms. The fourth-order valence-corrected chi connectivity index (χ4v) is 3.40. The Bertz CT molecular complexity index is 761. The van der Waals surface area contributed by atoms with Crippen LogP contribution in [-0.4, -0.2) is 53.6 Å². The third-order valence-electron chi connectivity index (χ3n) is 5.19. The monoisotopic (exact) mass is 354 g/mol. The summed E-state index contributed by atoms with van der Waals surface area (Å²) in [7, 11) is 0. The van der Waals surface area contributed by atoms with E-state index in [1.165, 1.54) is 12.8 Å². The van der Waals surface area contributed by atoms with Crippen LogP contribution < -0.4 is 5.32 Å². The number of hydrogen-bond donors (Lipinski definition) is 1. The molecule has 1 saturated carbocycles. The molecule has 6 heteroatoms. The molecule has 1 amide bonds. The number of nitrogens with zero attached hydrogens (tertiary/aromatic N) is 3. The first-order valence-corrected chi connectivity index (χ1v) is 9.43. The van der Waals surface area contributed by atoms with Crippen molar-refractivity contribution in [2.24, 2.45) is 0 Å². The number of para-hydroxylation sites is 1. The van der Waals surface area contributed by atoms with Crippen molar-refractivity contribution in [1.29, 1.82) is 0 Å². The van der Waals surface area contributed by atoms with Gasteiger partial charge in [0, 0.05) is 50.4 Å². The highest BCUT2D eigenvalue weighted by atomic mass is 16.5. The van der Waals surface area contributed by atoms with Gasteiger partial charge in [0.05, 0.1) is 12.2 Å². The molecule has 2 fully saturated rings. The van der Waals surface area contributed by atoms with Crippen molar-refractivity contribution >= 4 is 11.6 Å². The average molecular weight is 354 g/mol. The van der Waals surface area contributed by atoms with Crippen molar-refractivity contribution in [3.05, 3.63) is 47.3 Å². The molecule has 1 aliphatic carbocycles. The smallest absolute Gasteiger partial charge is 0.238 e. The first-order valence-electron chi connectivity index (χ1n) is 9.43. The summed E-state index contributed by atoms with van der Waals surface area (Å²) in [6.07, 6.45) is 2.47. The largest absolute Gasteiger partial charge is 0.361 e. The summed E-state index contributed by atoms with van der Waals surface area (Å²) < 4.78 is 5.43. The van der Waals surface area contributed by atoms with Crippen LogP contribution in [-0.2, 0) is 11.3 Å². The summed E-state index contributed by atoms with van der Waals surface area (Å²) >= 11 is 0. The van der Waals surface area contributed by atoms with Gasteiger partial charge in [-0.2, -0.15) is 0 Å². The number of anilines is 1. The Morgan fingerprint density at radius 3 is 2.65 bits per heavy atom. The molecule has 138 valence electrons. The second kappa shape index (κ2) is 7.60. The van der Waals surface area contributed by atoms with E-state index >= 15 is 0 Å². The van der Waals surface area contributed by atoms with E-state index in [-0.39, 0.29) is 5.91 Å². The zero-order valence-corrected chi connectivity index (χ0v) is 15.3. The normalized spacial score (nSPS) is 18.8. The average Bonchev–Trinajstić information content (AvgIpc) is 3.38. The number of carbonyl (C=O) groups is 1. The van der Waals surface area contributed by atoms with Gasteiger partial charge < -0.3 is 9.84 Å². The van der Waals surface area contributed by atoms with Crippen LogP contribution in [0.4, 0.5) is 5.69 Å². The Morgan fingerprint density at radius 2 is 1.92 bits per heavy atom. The number of hydrogen-bond acceptors (Lipinski definition) is 5. The van der Waals surface area contributed by atoms with Crippen LogP contribution in [0.5, 0.6) is 0 Å². The number of rotatable bonds is 6. The SMILES string of the molecule is Cc1ccccc1NC(=O)CN1CCN(Cc2cc(C3CC3)on2)CC1. The van der Waals surface area contributed by atoms with E-state index in [1.54, 1.807) is 0 Å². The van der Waals surface area contributed by atoms with Crippen molar-refractivity contribution in [3.63, 3.8) is 0 Å². The summed E-state index contributed by atoms with van der Waals surface area (Å²) in [4.78, 5) is 16.9. The summed E-state index contributed by atoms with van der Waals surface area (Å²) in [5.41, 5.74) is 3.01. The van der Waals surface area contributed by atoms with Crippen molar-refractivity contribution in [2.75, 3.05) is 38.0 Å². The second-order valence-electron chi connectivity index (χ2n) is 7.41. The minimum atomic E-state index is 0.0540. The Kier molecular flexibility index (Phi) is 5.04. The van der Waals surface area contributed by atoms with E-state index in [2.05, 4.69) is 26.3 Å². The third kappa shape index (κ3) is 4.31. The molecule has 2 aliphatic rings. The predicted molar refractivity (Wildman–Crippen MR) is 100 cm³/mol. The van der Waals surface area contributed by atoms with Gasteiger partial charge in [-0.3, -0.25) is 14.6 Å². The molecule has 1 aromatic carbocycles. The molecular formula is C20H26N4O2. The van der Waals surface area contributed by atoms with E-state index in [9.17, 15) is 4.79 Å². The van der Waals surface area contributed by atoms with Gasteiger partial charge in [0.1, 0.15) is 5.76 Å². The Labute approximate surface area is 154 Å². The Balaban J connectivity index is 1.21. The van der Waals surface area contributed by atoms with Crippen molar-refractivity contribution in [1.82, 2.24) is 15.0 Å². The van der Waals surface area contributed by atoms with Crippen LogP contribution in [0.15, 0.2) is 34.9 Å². The Morgan fingerprint density at radius 1 is 1.19 bits per heavy atom. The standard InChI is InChI=1S/C20H26N4O2/c1-15-4-2-3-5-18(15)21-20(25)14-24-10-8-23(9-11-24)13-17-12-19(26-22-17)16-6-7-16/h2-5,12,16H,6-11,13-14H2,1H3,(H,21,25). The fraction of sp³-hybridized carbons (Fsp3) is 0.500. The Hall–Kier alpha value is -2.18. The first-order chi connectivity index (χ1) is 12.7. The van der Waals surface area contributed by atoms with E-state index in [0.717, 1.165) is 55.4 Å². The zero-order chi connectivity index (χ0) is 17.9. The summed E-state index contributed by atoms with van der Waals surface area (Å²) in [6.45, 7) is 6.97. The summed E-state index contributed by atoms with van der Waals surface area (Å²) in [5.74, 6) is 1.71. The molecular weight excluding hydrogens is 328 g/mol. The van der Waals surface area contributed by atoms with Crippen molar-refractivity contribution in [2.45, 2.75) is 32.2 Å². The maximum absolute atomic E-state index is 12.3. The molecule has 0 radical (unpaired) electrons. The lowest BCUT2D eigenvalue weighted by Crippen LogP contribution is -2.48. The molecule has 1 aromatic heterocycles. The summed E-state index contributed by atoms with van der Waals surface area (Å²) in [6, 6.07) is 9.98. The topological polar surface area (TPSA) is 61.6 Å². The van der Waals surface area contributed by atoms with Gasteiger partial charge in [0.15, 0.2) is 0 Å². The maximum atomic E-state index is 12.3. The number of carbonyl (C=O) groups excluding carboxylic acids is 1. The second-order valence-corrected chi connectivity index (χ2v) is 7.41. The van der Waals surface area contributed by atoms with E-state index in [1.807, 2.05) is 31.2 Å².